The van der Waals surface area contributed by atoms with Crippen LogP contribution in [0.15, 0.2) is 33.5 Å². The molecule has 0 aliphatic heterocycles. The van der Waals surface area contributed by atoms with Crippen LogP contribution in [0, 0.1) is 5.92 Å². The van der Waals surface area contributed by atoms with Crippen molar-refractivity contribution in [3.8, 4) is 0 Å². The molecule has 1 aliphatic carbocycles. The Morgan fingerprint density at radius 3 is 3.30 bits per heavy atom. The van der Waals surface area contributed by atoms with Gasteiger partial charge in [0.2, 0.25) is 0 Å². The number of thiophene rings is 1. The van der Waals surface area contributed by atoms with Crippen molar-refractivity contribution in [2.75, 3.05) is 0 Å². The number of rotatable bonds is 3. The molecule has 2 heterocycles. The Labute approximate surface area is 121 Å². The minimum Gasteiger partial charge on any atom is -0.472 e. The second-order valence-electron chi connectivity index (χ2n) is 5.15. The standard InChI is InChI=1S/C15H16N2O2S/c1-10-2-3-12-13(9-20-14(12)6-10)15(18)17-16-7-11-4-5-19-8-11/h4-5,7-10H,2-3,6H2,1H3,(H,17,18)/b16-7+. The minimum atomic E-state index is -0.128. The van der Waals surface area contributed by atoms with Gasteiger partial charge < -0.3 is 4.42 Å². The molecular weight excluding hydrogens is 272 g/mol. The van der Waals surface area contributed by atoms with E-state index in [1.807, 2.05) is 5.38 Å². The molecule has 1 N–H and O–H groups in total. The van der Waals surface area contributed by atoms with Gasteiger partial charge >= 0.3 is 0 Å². The van der Waals surface area contributed by atoms with Crippen molar-refractivity contribution in [2.24, 2.45) is 11.0 Å². The smallest absolute Gasteiger partial charge is 0.272 e. The zero-order valence-corrected chi connectivity index (χ0v) is 12.1. The summed E-state index contributed by atoms with van der Waals surface area (Å²) in [6, 6.07) is 1.78. The Morgan fingerprint density at radius 1 is 1.60 bits per heavy atom. The van der Waals surface area contributed by atoms with Gasteiger partial charge in [-0.05, 0) is 36.8 Å². The quantitative estimate of drug-likeness (QED) is 0.696. The zero-order chi connectivity index (χ0) is 13.9. The summed E-state index contributed by atoms with van der Waals surface area (Å²) in [5.41, 5.74) is 5.40. The summed E-state index contributed by atoms with van der Waals surface area (Å²) in [4.78, 5) is 13.5. The molecule has 1 atom stereocenters. The number of hydrogen-bond acceptors (Lipinski definition) is 4. The molecule has 0 saturated carbocycles. The predicted octanol–water partition coefficient (Wildman–Crippen LogP) is 3.23. The first-order valence-electron chi connectivity index (χ1n) is 6.69. The van der Waals surface area contributed by atoms with Gasteiger partial charge in [-0.1, -0.05) is 6.92 Å². The van der Waals surface area contributed by atoms with Crippen LogP contribution in [-0.4, -0.2) is 12.1 Å². The number of furan rings is 1. The van der Waals surface area contributed by atoms with E-state index in [2.05, 4.69) is 17.5 Å². The Balaban J connectivity index is 1.69. The first-order valence-corrected chi connectivity index (χ1v) is 7.57. The van der Waals surface area contributed by atoms with Gasteiger partial charge in [0.25, 0.3) is 5.91 Å². The lowest BCUT2D eigenvalue weighted by Gasteiger charge is -2.18. The zero-order valence-electron chi connectivity index (χ0n) is 11.3. The summed E-state index contributed by atoms with van der Waals surface area (Å²) in [5, 5.41) is 5.90. The molecule has 2 aromatic heterocycles. The van der Waals surface area contributed by atoms with Crippen LogP contribution < -0.4 is 5.43 Å². The number of nitrogens with one attached hydrogen (secondary N) is 1. The Hall–Kier alpha value is -1.88. The molecule has 0 bridgehead atoms. The van der Waals surface area contributed by atoms with Crippen LogP contribution >= 0.6 is 11.3 Å². The highest BCUT2D eigenvalue weighted by atomic mass is 32.1. The highest BCUT2D eigenvalue weighted by Crippen LogP contribution is 2.32. The van der Waals surface area contributed by atoms with Gasteiger partial charge in [0.15, 0.2) is 0 Å². The fourth-order valence-electron chi connectivity index (χ4n) is 2.44. The summed E-state index contributed by atoms with van der Waals surface area (Å²) >= 11 is 1.69. The molecule has 2 aromatic rings. The first kappa shape index (κ1) is 13.1. The summed E-state index contributed by atoms with van der Waals surface area (Å²) in [6.07, 6.45) is 7.95. The molecule has 5 heteroatoms. The van der Waals surface area contributed by atoms with Crippen molar-refractivity contribution in [3.05, 3.63) is 45.5 Å². The molecule has 0 radical (unpaired) electrons. The van der Waals surface area contributed by atoms with Gasteiger partial charge in [0, 0.05) is 15.8 Å². The van der Waals surface area contributed by atoms with Gasteiger partial charge in [-0.3, -0.25) is 4.79 Å². The van der Waals surface area contributed by atoms with E-state index in [0.717, 1.165) is 36.3 Å². The van der Waals surface area contributed by atoms with Crippen LogP contribution in [0.1, 0.15) is 39.7 Å². The lowest BCUT2D eigenvalue weighted by atomic mass is 9.88. The van der Waals surface area contributed by atoms with E-state index >= 15 is 0 Å². The van der Waals surface area contributed by atoms with E-state index < -0.39 is 0 Å². The van der Waals surface area contributed by atoms with Crippen LogP contribution in [0.3, 0.4) is 0 Å². The number of amides is 1. The van der Waals surface area contributed by atoms with Crippen LogP contribution in [0.4, 0.5) is 0 Å². The maximum absolute atomic E-state index is 12.1. The van der Waals surface area contributed by atoms with Crippen LogP contribution in [0.2, 0.25) is 0 Å². The molecule has 20 heavy (non-hydrogen) atoms. The van der Waals surface area contributed by atoms with Crippen molar-refractivity contribution >= 4 is 23.5 Å². The Morgan fingerprint density at radius 2 is 2.50 bits per heavy atom. The van der Waals surface area contributed by atoms with Crippen LogP contribution in [-0.2, 0) is 12.8 Å². The second-order valence-corrected chi connectivity index (χ2v) is 6.12. The van der Waals surface area contributed by atoms with E-state index in [9.17, 15) is 4.79 Å². The normalized spacial score (nSPS) is 18.1. The predicted molar refractivity (Wildman–Crippen MR) is 79.3 cm³/mol. The molecule has 104 valence electrons. The lowest BCUT2D eigenvalue weighted by Crippen LogP contribution is -2.20. The largest absolute Gasteiger partial charge is 0.472 e. The second kappa shape index (κ2) is 5.63. The molecule has 1 aliphatic rings. The first-order chi connectivity index (χ1) is 9.74. The lowest BCUT2D eigenvalue weighted by molar-refractivity contribution is 0.0954. The Kier molecular flexibility index (Phi) is 3.69. The molecule has 3 rings (SSSR count). The monoisotopic (exact) mass is 288 g/mol. The van der Waals surface area contributed by atoms with Crippen LogP contribution in [0.5, 0.6) is 0 Å². The summed E-state index contributed by atoms with van der Waals surface area (Å²) < 4.78 is 4.93. The van der Waals surface area contributed by atoms with E-state index in [1.165, 1.54) is 10.4 Å². The van der Waals surface area contributed by atoms with Crippen LogP contribution in [0.25, 0.3) is 0 Å². The maximum Gasteiger partial charge on any atom is 0.272 e. The van der Waals surface area contributed by atoms with Crippen molar-refractivity contribution < 1.29 is 9.21 Å². The Bertz CT molecular complexity index is 628. The molecule has 1 amide bonds. The number of nitrogens with zero attached hydrogens (tertiary/aromatic N) is 1. The number of hydrazone groups is 1. The van der Waals surface area contributed by atoms with Crippen molar-refractivity contribution in [3.63, 3.8) is 0 Å². The fraction of sp³-hybridized carbons (Fsp3) is 0.333. The van der Waals surface area contributed by atoms with Gasteiger partial charge in [0.1, 0.15) is 0 Å². The molecule has 1 unspecified atom stereocenters. The highest BCUT2D eigenvalue weighted by molar-refractivity contribution is 7.10. The number of hydrogen-bond donors (Lipinski definition) is 1. The third-order valence-corrected chi connectivity index (χ3v) is 4.62. The molecule has 0 aromatic carbocycles. The molecule has 0 saturated heterocycles. The van der Waals surface area contributed by atoms with E-state index in [-0.39, 0.29) is 5.91 Å². The minimum absolute atomic E-state index is 0.128. The molecule has 4 nitrogen and oxygen atoms in total. The number of fused-ring (bicyclic) bond motifs is 1. The van der Waals surface area contributed by atoms with Gasteiger partial charge in [-0.25, -0.2) is 5.43 Å². The van der Waals surface area contributed by atoms with Crippen molar-refractivity contribution in [1.82, 2.24) is 5.43 Å². The third kappa shape index (κ3) is 2.67. The topological polar surface area (TPSA) is 54.6 Å². The average molecular weight is 288 g/mol. The highest BCUT2D eigenvalue weighted by Gasteiger charge is 2.22. The SMILES string of the molecule is CC1CCc2c(C(=O)N/N=C/c3ccoc3)csc2C1. The summed E-state index contributed by atoms with van der Waals surface area (Å²) in [6.45, 7) is 2.26. The summed E-state index contributed by atoms with van der Waals surface area (Å²) in [5.74, 6) is 0.591. The van der Waals surface area contributed by atoms with E-state index in [1.54, 1.807) is 36.1 Å². The number of carbonyl (C=O) groups excluding carboxylic acids is 1. The van der Waals surface area contributed by atoms with Crippen molar-refractivity contribution in [1.29, 1.82) is 0 Å². The average Bonchev–Trinajstić information content (AvgIpc) is 3.07. The van der Waals surface area contributed by atoms with Gasteiger partial charge in [0.05, 0.1) is 24.3 Å². The molecule has 0 spiro atoms. The van der Waals surface area contributed by atoms with Gasteiger partial charge in [-0.15, -0.1) is 11.3 Å². The number of carbonyl (C=O) groups is 1. The van der Waals surface area contributed by atoms with E-state index in [4.69, 9.17) is 4.42 Å². The summed E-state index contributed by atoms with van der Waals surface area (Å²) in [7, 11) is 0. The molecular formula is C15H16N2O2S. The van der Waals surface area contributed by atoms with Crippen molar-refractivity contribution in [2.45, 2.75) is 26.2 Å². The fourth-order valence-corrected chi connectivity index (χ4v) is 3.69. The maximum atomic E-state index is 12.1. The molecule has 0 fully saturated rings. The van der Waals surface area contributed by atoms with Gasteiger partial charge in [-0.2, -0.15) is 5.10 Å². The van der Waals surface area contributed by atoms with E-state index in [0.29, 0.717) is 0 Å². The third-order valence-electron chi connectivity index (χ3n) is 3.57.